The molecule has 3 N–H and O–H groups in total. The number of hydrogen-bond donors (Lipinski definition) is 2. The van der Waals surface area contributed by atoms with E-state index in [9.17, 15) is 4.79 Å². The summed E-state index contributed by atoms with van der Waals surface area (Å²) in [4.78, 5) is 12.6. The molecule has 0 unspecified atom stereocenters. The highest BCUT2D eigenvalue weighted by Gasteiger charge is 2.43. The van der Waals surface area contributed by atoms with Gasteiger partial charge in [0.15, 0.2) is 11.5 Å². The second-order valence-corrected chi connectivity index (χ2v) is 7.42. The number of ether oxygens (including phenoxy) is 2. The lowest BCUT2D eigenvalue weighted by molar-refractivity contribution is -0.122. The molecule has 2 aromatic carbocycles. The molecule has 3 rings (SSSR count). The fourth-order valence-electron chi connectivity index (χ4n) is 3.34. The molecule has 1 saturated carbocycles. The van der Waals surface area contributed by atoms with E-state index < -0.39 is 0 Å². The van der Waals surface area contributed by atoms with Crippen molar-refractivity contribution in [2.45, 2.75) is 44.2 Å². The van der Waals surface area contributed by atoms with Crippen molar-refractivity contribution in [2.24, 2.45) is 5.73 Å². The van der Waals surface area contributed by atoms with Gasteiger partial charge in [-0.1, -0.05) is 35.9 Å². The van der Waals surface area contributed by atoms with Gasteiger partial charge in [0.1, 0.15) is 0 Å². The van der Waals surface area contributed by atoms with Crippen LogP contribution < -0.4 is 20.5 Å². The highest BCUT2D eigenvalue weighted by atomic mass is 16.5. The maximum atomic E-state index is 12.6. The summed E-state index contributed by atoms with van der Waals surface area (Å²) in [6.07, 6.45) is 3.13. The standard InChI is InChI=1S/C22H28N2O3/c1-15-4-6-16(7-5-15)14-22(10-11-22)24-21(25)13-18(23)17-8-9-19(26-2)20(12-17)27-3/h4-9,12,18H,10-11,13-14,23H2,1-3H3,(H,24,25)/t18-/m0/s1. The van der Waals surface area contributed by atoms with Gasteiger partial charge in [-0.05, 0) is 49.4 Å². The molecule has 1 aliphatic carbocycles. The largest absolute Gasteiger partial charge is 0.493 e. The van der Waals surface area contributed by atoms with Gasteiger partial charge < -0.3 is 20.5 Å². The molecule has 0 saturated heterocycles. The lowest BCUT2D eigenvalue weighted by Gasteiger charge is -2.20. The van der Waals surface area contributed by atoms with Crippen molar-refractivity contribution in [3.05, 3.63) is 59.2 Å². The summed E-state index contributed by atoms with van der Waals surface area (Å²) < 4.78 is 10.6. The zero-order chi connectivity index (χ0) is 19.4. The topological polar surface area (TPSA) is 73.6 Å². The normalized spacial score (nSPS) is 15.7. The average molecular weight is 368 g/mol. The molecular weight excluding hydrogens is 340 g/mol. The van der Waals surface area contributed by atoms with Gasteiger partial charge in [0.25, 0.3) is 0 Å². The molecule has 2 aromatic rings. The molecule has 0 spiro atoms. The van der Waals surface area contributed by atoms with Crippen LogP contribution in [0.4, 0.5) is 0 Å². The van der Waals surface area contributed by atoms with E-state index in [1.807, 2.05) is 18.2 Å². The van der Waals surface area contributed by atoms with E-state index in [1.165, 1.54) is 11.1 Å². The number of hydrogen-bond acceptors (Lipinski definition) is 4. The maximum absolute atomic E-state index is 12.6. The Bertz CT molecular complexity index is 798. The lowest BCUT2D eigenvalue weighted by atomic mass is 10.0. The number of aryl methyl sites for hydroxylation is 1. The van der Waals surface area contributed by atoms with Crippen LogP contribution in [0.2, 0.25) is 0 Å². The Morgan fingerprint density at radius 2 is 1.78 bits per heavy atom. The first kappa shape index (κ1) is 19.2. The zero-order valence-electron chi connectivity index (χ0n) is 16.2. The Balaban J connectivity index is 1.59. The van der Waals surface area contributed by atoms with E-state index in [-0.39, 0.29) is 23.9 Å². The molecule has 5 heteroatoms. The van der Waals surface area contributed by atoms with Crippen molar-refractivity contribution in [3.8, 4) is 11.5 Å². The number of amides is 1. The molecule has 0 aromatic heterocycles. The molecule has 27 heavy (non-hydrogen) atoms. The zero-order valence-corrected chi connectivity index (χ0v) is 16.2. The minimum Gasteiger partial charge on any atom is -0.493 e. The van der Waals surface area contributed by atoms with Gasteiger partial charge >= 0.3 is 0 Å². The van der Waals surface area contributed by atoms with Gasteiger partial charge in [-0.15, -0.1) is 0 Å². The first-order chi connectivity index (χ1) is 12.9. The summed E-state index contributed by atoms with van der Waals surface area (Å²) in [5.41, 5.74) is 9.50. The molecule has 0 radical (unpaired) electrons. The van der Waals surface area contributed by atoms with E-state index in [4.69, 9.17) is 15.2 Å². The summed E-state index contributed by atoms with van der Waals surface area (Å²) >= 11 is 0. The van der Waals surface area contributed by atoms with Crippen LogP contribution in [0, 0.1) is 6.92 Å². The second kappa shape index (κ2) is 8.01. The number of rotatable bonds is 8. The van der Waals surface area contributed by atoms with Gasteiger partial charge in [0.2, 0.25) is 5.91 Å². The summed E-state index contributed by atoms with van der Waals surface area (Å²) in [6, 6.07) is 13.6. The molecule has 1 amide bonds. The Morgan fingerprint density at radius 3 is 2.37 bits per heavy atom. The monoisotopic (exact) mass is 368 g/mol. The lowest BCUT2D eigenvalue weighted by Crippen LogP contribution is -2.39. The van der Waals surface area contributed by atoms with Gasteiger partial charge in [-0.2, -0.15) is 0 Å². The van der Waals surface area contributed by atoms with Gasteiger partial charge in [0.05, 0.1) is 14.2 Å². The Morgan fingerprint density at radius 1 is 1.11 bits per heavy atom. The average Bonchev–Trinajstić information content (AvgIpc) is 3.41. The third kappa shape index (κ3) is 4.80. The first-order valence-corrected chi connectivity index (χ1v) is 9.29. The van der Waals surface area contributed by atoms with Crippen LogP contribution in [0.25, 0.3) is 0 Å². The van der Waals surface area contributed by atoms with E-state index in [0.29, 0.717) is 11.5 Å². The highest BCUT2D eigenvalue weighted by Crippen LogP contribution is 2.39. The van der Waals surface area contributed by atoms with E-state index in [0.717, 1.165) is 24.8 Å². The highest BCUT2D eigenvalue weighted by molar-refractivity contribution is 5.78. The van der Waals surface area contributed by atoms with Gasteiger partial charge in [-0.25, -0.2) is 0 Å². The Hall–Kier alpha value is -2.53. The minimum atomic E-state index is -0.389. The van der Waals surface area contributed by atoms with Crippen molar-refractivity contribution >= 4 is 5.91 Å². The molecule has 1 fully saturated rings. The quantitative estimate of drug-likeness (QED) is 0.750. The Kier molecular flexibility index (Phi) is 5.71. The van der Waals surface area contributed by atoms with Crippen LogP contribution in [0.15, 0.2) is 42.5 Å². The van der Waals surface area contributed by atoms with Crippen molar-refractivity contribution in [1.82, 2.24) is 5.32 Å². The molecule has 0 bridgehead atoms. The third-order valence-corrected chi connectivity index (χ3v) is 5.16. The molecule has 144 valence electrons. The molecule has 0 heterocycles. The van der Waals surface area contributed by atoms with Crippen LogP contribution in [0.5, 0.6) is 11.5 Å². The number of nitrogens with two attached hydrogens (primary N) is 1. The number of carbonyl (C=O) groups excluding carboxylic acids is 1. The smallest absolute Gasteiger partial charge is 0.222 e. The summed E-state index contributed by atoms with van der Waals surface area (Å²) in [5.74, 6) is 1.25. The predicted molar refractivity (Wildman–Crippen MR) is 106 cm³/mol. The van der Waals surface area contributed by atoms with E-state index in [1.54, 1.807) is 14.2 Å². The second-order valence-electron chi connectivity index (χ2n) is 7.42. The van der Waals surface area contributed by atoms with Crippen molar-refractivity contribution in [1.29, 1.82) is 0 Å². The van der Waals surface area contributed by atoms with E-state index >= 15 is 0 Å². The molecule has 1 aliphatic rings. The third-order valence-electron chi connectivity index (χ3n) is 5.16. The molecule has 5 nitrogen and oxygen atoms in total. The predicted octanol–water partition coefficient (Wildman–Crippen LogP) is 3.29. The van der Waals surface area contributed by atoms with Crippen LogP contribution in [-0.4, -0.2) is 25.7 Å². The van der Waals surface area contributed by atoms with Gasteiger partial charge in [0, 0.05) is 18.0 Å². The Labute approximate surface area is 160 Å². The van der Waals surface area contributed by atoms with Crippen LogP contribution in [-0.2, 0) is 11.2 Å². The number of methoxy groups -OCH3 is 2. The summed E-state index contributed by atoms with van der Waals surface area (Å²) in [6.45, 7) is 2.08. The van der Waals surface area contributed by atoms with Crippen LogP contribution in [0.3, 0.4) is 0 Å². The minimum absolute atomic E-state index is 0.0121. The summed E-state index contributed by atoms with van der Waals surface area (Å²) in [5, 5.41) is 3.21. The van der Waals surface area contributed by atoms with Gasteiger partial charge in [-0.3, -0.25) is 4.79 Å². The summed E-state index contributed by atoms with van der Waals surface area (Å²) in [7, 11) is 3.18. The fourth-order valence-corrected chi connectivity index (χ4v) is 3.34. The molecule has 0 aliphatic heterocycles. The first-order valence-electron chi connectivity index (χ1n) is 9.29. The van der Waals surface area contributed by atoms with Crippen molar-refractivity contribution in [3.63, 3.8) is 0 Å². The van der Waals surface area contributed by atoms with Crippen LogP contribution >= 0.6 is 0 Å². The number of carbonyl (C=O) groups is 1. The van der Waals surface area contributed by atoms with Crippen molar-refractivity contribution < 1.29 is 14.3 Å². The molecular formula is C22H28N2O3. The molecule has 1 atom stereocenters. The SMILES string of the molecule is COc1ccc([C@@H](N)CC(=O)NC2(Cc3ccc(C)cc3)CC2)cc1OC. The number of benzene rings is 2. The van der Waals surface area contributed by atoms with Crippen molar-refractivity contribution in [2.75, 3.05) is 14.2 Å². The van der Waals surface area contributed by atoms with Crippen LogP contribution in [0.1, 0.15) is 42.0 Å². The number of nitrogens with one attached hydrogen (secondary N) is 1. The fraction of sp³-hybridized carbons (Fsp3) is 0.409. The van der Waals surface area contributed by atoms with E-state index in [2.05, 4.69) is 36.5 Å². The maximum Gasteiger partial charge on any atom is 0.222 e.